The summed E-state index contributed by atoms with van der Waals surface area (Å²) in [7, 11) is 1.55. The fourth-order valence-electron chi connectivity index (χ4n) is 1.85. The summed E-state index contributed by atoms with van der Waals surface area (Å²) in [5.41, 5.74) is 0.902. The van der Waals surface area contributed by atoms with E-state index in [2.05, 4.69) is 25.8 Å². The van der Waals surface area contributed by atoms with Crippen LogP contribution in [0, 0.1) is 0 Å². The number of ether oxygens (including phenoxy) is 1. The normalized spacial score (nSPS) is 13.5. The SMILES string of the molecule is COc1ccc(NC(=O)c2cnnc(Cl)c2)c(NC2CC2)n1. The van der Waals surface area contributed by atoms with Crippen LogP contribution in [-0.4, -0.2) is 34.2 Å². The molecule has 2 N–H and O–H groups in total. The molecule has 0 aliphatic heterocycles. The highest BCUT2D eigenvalue weighted by Crippen LogP contribution is 2.30. The van der Waals surface area contributed by atoms with Gasteiger partial charge in [-0.15, -0.1) is 5.10 Å². The first-order chi connectivity index (χ1) is 10.7. The Labute approximate surface area is 132 Å². The number of nitrogens with one attached hydrogen (secondary N) is 2. The van der Waals surface area contributed by atoms with Crippen LogP contribution in [0.25, 0.3) is 0 Å². The zero-order valence-electron chi connectivity index (χ0n) is 11.8. The number of pyridine rings is 1. The van der Waals surface area contributed by atoms with Gasteiger partial charge < -0.3 is 15.4 Å². The van der Waals surface area contributed by atoms with Crippen molar-refractivity contribution in [3.63, 3.8) is 0 Å². The number of carbonyl (C=O) groups is 1. The molecular formula is C14H14ClN5O2. The van der Waals surface area contributed by atoms with Gasteiger partial charge in [0.25, 0.3) is 5.91 Å². The second-order valence-electron chi connectivity index (χ2n) is 4.89. The lowest BCUT2D eigenvalue weighted by Crippen LogP contribution is -2.15. The number of carbonyl (C=O) groups excluding carboxylic acids is 1. The number of hydrogen-bond acceptors (Lipinski definition) is 6. The predicted octanol–water partition coefficient (Wildman–Crippen LogP) is 2.36. The minimum atomic E-state index is -0.331. The van der Waals surface area contributed by atoms with Crippen LogP contribution < -0.4 is 15.4 Å². The summed E-state index contributed by atoms with van der Waals surface area (Å²) in [6.07, 6.45) is 3.54. The number of hydrogen-bond donors (Lipinski definition) is 2. The number of amides is 1. The highest BCUT2D eigenvalue weighted by molar-refractivity contribution is 6.29. The molecule has 8 heteroatoms. The summed E-state index contributed by atoms with van der Waals surface area (Å²) < 4.78 is 5.12. The van der Waals surface area contributed by atoms with Crippen molar-refractivity contribution in [2.24, 2.45) is 0 Å². The van der Waals surface area contributed by atoms with E-state index in [1.54, 1.807) is 19.2 Å². The molecule has 0 aromatic carbocycles. The van der Waals surface area contributed by atoms with Crippen molar-refractivity contribution in [1.82, 2.24) is 15.2 Å². The second-order valence-corrected chi connectivity index (χ2v) is 5.28. The molecule has 7 nitrogen and oxygen atoms in total. The van der Waals surface area contributed by atoms with Crippen LogP contribution in [-0.2, 0) is 0 Å². The van der Waals surface area contributed by atoms with Crippen molar-refractivity contribution in [3.05, 3.63) is 35.1 Å². The van der Waals surface area contributed by atoms with E-state index >= 15 is 0 Å². The number of nitrogens with zero attached hydrogens (tertiary/aromatic N) is 3. The van der Waals surface area contributed by atoms with Gasteiger partial charge in [0.15, 0.2) is 11.0 Å². The molecule has 3 rings (SSSR count). The lowest BCUT2D eigenvalue weighted by atomic mass is 10.2. The van der Waals surface area contributed by atoms with Crippen LogP contribution in [0.1, 0.15) is 23.2 Å². The van der Waals surface area contributed by atoms with E-state index in [4.69, 9.17) is 16.3 Å². The maximum Gasteiger partial charge on any atom is 0.257 e. The van der Waals surface area contributed by atoms with Crippen LogP contribution >= 0.6 is 11.6 Å². The quantitative estimate of drug-likeness (QED) is 0.879. The van der Waals surface area contributed by atoms with Gasteiger partial charge in [-0.3, -0.25) is 4.79 Å². The van der Waals surface area contributed by atoms with Gasteiger partial charge in [-0.25, -0.2) is 0 Å². The van der Waals surface area contributed by atoms with Crippen LogP contribution in [0.15, 0.2) is 24.4 Å². The molecule has 0 saturated heterocycles. The van der Waals surface area contributed by atoms with E-state index in [1.165, 1.54) is 12.3 Å². The molecule has 2 heterocycles. The fourth-order valence-corrected chi connectivity index (χ4v) is 2.01. The maximum atomic E-state index is 12.3. The summed E-state index contributed by atoms with van der Waals surface area (Å²) in [4.78, 5) is 16.6. The summed E-state index contributed by atoms with van der Waals surface area (Å²) in [5.74, 6) is 0.737. The first-order valence-corrected chi connectivity index (χ1v) is 7.14. The van der Waals surface area contributed by atoms with Crippen LogP contribution in [0.2, 0.25) is 5.15 Å². The van der Waals surface area contributed by atoms with Crippen LogP contribution in [0.3, 0.4) is 0 Å². The van der Waals surface area contributed by atoms with E-state index in [1.807, 2.05) is 0 Å². The van der Waals surface area contributed by atoms with Gasteiger partial charge in [0.05, 0.1) is 24.6 Å². The van der Waals surface area contributed by atoms with Gasteiger partial charge in [0, 0.05) is 12.1 Å². The maximum absolute atomic E-state index is 12.3. The Kier molecular flexibility index (Phi) is 4.06. The molecule has 114 valence electrons. The molecule has 1 fully saturated rings. The summed E-state index contributed by atoms with van der Waals surface area (Å²) in [6.45, 7) is 0. The van der Waals surface area contributed by atoms with E-state index in [9.17, 15) is 4.79 Å². The zero-order valence-corrected chi connectivity index (χ0v) is 12.6. The smallest absolute Gasteiger partial charge is 0.257 e. The number of methoxy groups -OCH3 is 1. The Morgan fingerprint density at radius 1 is 1.41 bits per heavy atom. The second kappa shape index (κ2) is 6.15. The molecular weight excluding hydrogens is 306 g/mol. The third-order valence-corrected chi connectivity index (χ3v) is 3.32. The van der Waals surface area contributed by atoms with Gasteiger partial charge >= 0.3 is 0 Å². The Morgan fingerprint density at radius 2 is 2.23 bits per heavy atom. The van der Waals surface area contributed by atoms with Crippen molar-refractivity contribution >= 4 is 29.0 Å². The Morgan fingerprint density at radius 3 is 2.91 bits per heavy atom. The van der Waals surface area contributed by atoms with Crippen molar-refractivity contribution < 1.29 is 9.53 Å². The van der Waals surface area contributed by atoms with Crippen molar-refractivity contribution in [2.75, 3.05) is 17.7 Å². The number of halogens is 1. The van der Waals surface area contributed by atoms with Gasteiger partial charge in [-0.2, -0.15) is 10.1 Å². The molecule has 1 saturated carbocycles. The molecule has 1 aliphatic carbocycles. The van der Waals surface area contributed by atoms with E-state index in [-0.39, 0.29) is 11.1 Å². The lowest BCUT2D eigenvalue weighted by Gasteiger charge is -2.12. The average Bonchev–Trinajstić information content (AvgIpc) is 3.33. The van der Waals surface area contributed by atoms with Gasteiger partial charge in [0.2, 0.25) is 5.88 Å². The molecule has 0 spiro atoms. The third kappa shape index (κ3) is 3.43. The third-order valence-electron chi connectivity index (χ3n) is 3.13. The highest BCUT2D eigenvalue weighted by Gasteiger charge is 2.23. The molecule has 0 radical (unpaired) electrons. The molecule has 2 aromatic heterocycles. The first-order valence-electron chi connectivity index (χ1n) is 6.77. The van der Waals surface area contributed by atoms with E-state index in [0.717, 1.165) is 12.8 Å². The van der Waals surface area contributed by atoms with Crippen molar-refractivity contribution in [1.29, 1.82) is 0 Å². The standard InChI is InChI=1S/C14H14ClN5O2/c1-22-12-5-4-10(13(19-12)17-9-2-3-9)18-14(21)8-6-11(15)20-16-7-8/h4-7,9H,2-3H2,1H3,(H,17,19)(H,18,21). The van der Waals surface area contributed by atoms with Crippen LogP contribution in [0.4, 0.5) is 11.5 Å². The molecule has 1 amide bonds. The average molecular weight is 320 g/mol. The molecule has 0 unspecified atom stereocenters. The number of aromatic nitrogens is 3. The summed E-state index contributed by atoms with van der Waals surface area (Å²) in [5, 5.41) is 13.5. The lowest BCUT2D eigenvalue weighted by molar-refractivity contribution is 0.102. The van der Waals surface area contributed by atoms with Gasteiger partial charge in [0.1, 0.15) is 0 Å². The van der Waals surface area contributed by atoms with E-state index < -0.39 is 0 Å². The number of anilines is 2. The first kappa shape index (κ1) is 14.5. The largest absolute Gasteiger partial charge is 0.481 e. The monoisotopic (exact) mass is 319 g/mol. The van der Waals surface area contributed by atoms with Crippen LogP contribution in [0.5, 0.6) is 5.88 Å². The fraction of sp³-hybridized carbons (Fsp3) is 0.286. The molecule has 2 aromatic rings. The van der Waals surface area contributed by atoms with Crippen molar-refractivity contribution in [3.8, 4) is 5.88 Å². The summed E-state index contributed by atoms with van der Waals surface area (Å²) >= 11 is 5.75. The highest BCUT2D eigenvalue weighted by atomic mass is 35.5. The Hall–Kier alpha value is -2.41. The minimum absolute atomic E-state index is 0.164. The topological polar surface area (TPSA) is 89.0 Å². The van der Waals surface area contributed by atoms with Gasteiger partial charge in [-0.1, -0.05) is 11.6 Å². The van der Waals surface area contributed by atoms with Gasteiger partial charge in [-0.05, 0) is 25.0 Å². The zero-order chi connectivity index (χ0) is 15.5. The van der Waals surface area contributed by atoms with Crippen molar-refractivity contribution in [2.45, 2.75) is 18.9 Å². The summed E-state index contributed by atoms with van der Waals surface area (Å²) in [6, 6.07) is 5.28. The Balaban J connectivity index is 1.82. The Bertz CT molecular complexity index is 705. The molecule has 0 atom stereocenters. The predicted molar refractivity (Wildman–Crippen MR) is 82.4 cm³/mol. The molecule has 0 bridgehead atoms. The molecule has 22 heavy (non-hydrogen) atoms. The van der Waals surface area contributed by atoms with E-state index in [0.29, 0.717) is 29.0 Å². The minimum Gasteiger partial charge on any atom is -0.481 e. The molecule has 1 aliphatic rings. The number of rotatable bonds is 5.